The third-order valence-corrected chi connectivity index (χ3v) is 4.49. The van der Waals surface area contributed by atoms with E-state index in [1.54, 1.807) is 0 Å². The first-order valence-electron chi connectivity index (χ1n) is 9.27. The van der Waals surface area contributed by atoms with Crippen LogP contribution in [0, 0.1) is 0 Å². The first kappa shape index (κ1) is 21.5. The molecule has 3 aromatic heterocycles. The van der Waals surface area contributed by atoms with E-state index in [0.29, 0.717) is 0 Å². The monoisotopic (exact) mass is 422 g/mol. The van der Waals surface area contributed by atoms with Gasteiger partial charge in [-0.3, -0.25) is 9.88 Å². The lowest BCUT2D eigenvalue weighted by molar-refractivity contribution is -0.192. The third kappa shape index (κ3) is 5.89. The summed E-state index contributed by atoms with van der Waals surface area (Å²) in [5, 5.41) is 15.9. The highest BCUT2D eigenvalue weighted by atomic mass is 19.4. The van der Waals surface area contributed by atoms with Crippen LogP contribution in [0.5, 0.6) is 0 Å². The molecule has 30 heavy (non-hydrogen) atoms. The van der Waals surface area contributed by atoms with Gasteiger partial charge in [0.1, 0.15) is 5.69 Å². The van der Waals surface area contributed by atoms with E-state index in [9.17, 15) is 13.2 Å². The van der Waals surface area contributed by atoms with Crippen LogP contribution in [-0.4, -0.2) is 53.2 Å². The minimum absolute atomic E-state index is 0.778. The third-order valence-electron chi connectivity index (χ3n) is 4.49. The number of nitrogens with zero attached hydrogens (tertiary/aromatic N) is 6. The van der Waals surface area contributed by atoms with Crippen molar-refractivity contribution >= 4 is 5.97 Å². The molecule has 0 amide bonds. The van der Waals surface area contributed by atoms with E-state index in [1.807, 2.05) is 30.5 Å². The Morgan fingerprint density at radius 1 is 1.10 bits per heavy atom. The number of pyridine rings is 1. The lowest BCUT2D eigenvalue weighted by Gasteiger charge is -2.19. The summed E-state index contributed by atoms with van der Waals surface area (Å²) < 4.78 is 35.9. The summed E-state index contributed by atoms with van der Waals surface area (Å²) in [5.41, 5.74) is 3.40. The maximum absolute atomic E-state index is 10.6. The molecule has 0 bridgehead atoms. The zero-order valence-corrected chi connectivity index (χ0v) is 16.0. The van der Waals surface area contributed by atoms with Gasteiger partial charge in [0.25, 0.3) is 0 Å². The highest BCUT2D eigenvalue weighted by Crippen LogP contribution is 2.17. The molecule has 0 aliphatic carbocycles. The number of alkyl halides is 3. The van der Waals surface area contributed by atoms with Crippen LogP contribution in [0.1, 0.15) is 23.5 Å². The number of carboxylic acids is 1. The van der Waals surface area contributed by atoms with Gasteiger partial charge < -0.3 is 9.67 Å². The Labute approximate surface area is 170 Å². The molecule has 0 saturated carbocycles. The van der Waals surface area contributed by atoms with Crippen LogP contribution < -0.4 is 0 Å². The maximum Gasteiger partial charge on any atom is 0.490 e. The number of halogens is 3. The lowest BCUT2D eigenvalue weighted by Crippen LogP contribution is -2.24. The Morgan fingerprint density at radius 3 is 2.47 bits per heavy atom. The van der Waals surface area contributed by atoms with Gasteiger partial charge in [-0.05, 0) is 30.7 Å². The second-order valence-corrected chi connectivity index (χ2v) is 6.75. The molecule has 0 atom stereocenters. The van der Waals surface area contributed by atoms with Crippen LogP contribution in [-0.2, 0) is 31.0 Å². The van der Waals surface area contributed by atoms with E-state index in [4.69, 9.17) is 9.90 Å². The number of carbonyl (C=O) groups is 1. The molecular formula is C19H21F3N6O2. The maximum atomic E-state index is 10.6. The molecule has 4 rings (SSSR count). The van der Waals surface area contributed by atoms with Crippen molar-refractivity contribution in [2.24, 2.45) is 0 Å². The van der Waals surface area contributed by atoms with Crippen LogP contribution in [0.3, 0.4) is 0 Å². The summed E-state index contributed by atoms with van der Waals surface area (Å²) in [6, 6.07) is 10.2. The number of aryl methyl sites for hydroxylation is 1. The second-order valence-electron chi connectivity index (χ2n) is 6.75. The summed E-state index contributed by atoms with van der Waals surface area (Å²) in [5.74, 6) is -2.76. The van der Waals surface area contributed by atoms with Crippen LogP contribution >= 0.6 is 0 Å². The first-order chi connectivity index (χ1) is 14.3. The van der Waals surface area contributed by atoms with Crippen molar-refractivity contribution in [3.8, 4) is 0 Å². The van der Waals surface area contributed by atoms with Gasteiger partial charge >= 0.3 is 12.1 Å². The molecule has 1 N–H and O–H groups in total. The highest BCUT2D eigenvalue weighted by Gasteiger charge is 2.38. The van der Waals surface area contributed by atoms with Gasteiger partial charge in [-0.2, -0.15) is 13.2 Å². The molecular weight excluding hydrogens is 401 g/mol. The fourth-order valence-electron chi connectivity index (χ4n) is 3.08. The minimum atomic E-state index is -5.08. The molecule has 1 aliphatic rings. The Hall–Kier alpha value is -3.21. The van der Waals surface area contributed by atoms with Crippen molar-refractivity contribution < 1.29 is 23.1 Å². The van der Waals surface area contributed by atoms with Crippen LogP contribution in [0.4, 0.5) is 13.2 Å². The van der Waals surface area contributed by atoms with Crippen molar-refractivity contribution in [3.05, 3.63) is 66.0 Å². The molecule has 0 unspecified atom stereocenters. The predicted molar refractivity (Wildman–Crippen MR) is 100 cm³/mol. The van der Waals surface area contributed by atoms with Gasteiger partial charge in [-0.1, -0.05) is 11.3 Å². The number of aromatic nitrogens is 5. The van der Waals surface area contributed by atoms with E-state index >= 15 is 0 Å². The topological polar surface area (TPSA) is 89.1 Å². The number of fused-ring (bicyclic) bond motifs is 1. The summed E-state index contributed by atoms with van der Waals surface area (Å²) >= 11 is 0. The van der Waals surface area contributed by atoms with Gasteiger partial charge in [-0.25, -0.2) is 9.48 Å². The molecule has 4 heterocycles. The Bertz CT molecular complexity index is 941. The highest BCUT2D eigenvalue weighted by molar-refractivity contribution is 5.73. The summed E-state index contributed by atoms with van der Waals surface area (Å²) in [6.07, 6.45) is 1.99. The summed E-state index contributed by atoms with van der Waals surface area (Å²) in [6.45, 7) is 4.52. The largest absolute Gasteiger partial charge is 0.490 e. The average Bonchev–Trinajstić information content (AvgIpc) is 3.29. The minimum Gasteiger partial charge on any atom is -0.475 e. The smallest absolute Gasteiger partial charge is 0.475 e. The number of hydrogen-bond donors (Lipinski definition) is 1. The Balaban J connectivity index is 0.000000318. The molecule has 8 nitrogen and oxygen atoms in total. The van der Waals surface area contributed by atoms with E-state index in [1.165, 1.54) is 5.69 Å². The van der Waals surface area contributed by atoms with Gasteiger partial charge in [-0.15, -0.1) is 5.10 Å². The van der Waals surface area contributed by atoms with Gasteiger partial charge in [0.05, 0.1) is 17.9 Å². The second kappa shape index (κ2) is 9.53. The number of rotatable bonds is 4. The van der Waals surface area contributed by atoms with Crippen molar-refractivity contribution in [1.29, 1.82) is 0 Å². The fourth-order valence-corrected chi connectivity index (χ4v) is 3.08. The molecule has 11 heteroatoms. The van der Waals surface area contributed by atoms with Gasteiger partial charge in [0.2, 0.25) is 0 Å². The zero-order chi connectivity index (χ0) is 21.6. The standard InChI is InChI=1S/C17H20N6.C2HF3O2/c1-2-7-18-15(6-1)12-22-10-5-11-23-17(14-22)16(19-20-23)13-21-8-3-4-9-21;3-2(4,5)1(6)7/h1-4,6-9H,5,10-14H2;(H,6,7). The quantitative estimate of drug-likeness (QED) is 0.695. The first-order valence-corrected chi connectivity index (χ1v) is 9.27. The van der Waals surface area contributed by atoms with E-state index in [0.717, 1.165) is 50.5 Å². The van der Waals surface area contributed by atoms with E-state index < -0.39 is 12.1 Å². The number of aliphatic carboxylic acids is 1. The number of hydrogen-bond acceptors (Lipinski definition) is 5. The molecule has 160 valence electrons. The van der Waals surface area contributed by atoms with Gasteiger partial charge in [0.15, 0.2) is 0 Å². The molecule has 0 saturated heterocycles. The van der Waals surface area contributed by atoms with Crippen molar-refractivity contribution in [1.82, 2.24) is 29.4 Å². The van der Waals surface area contributed by atoms with Crippen LogP contribution in [0.15, 0.2) is 48.9 Å². The lowest BCUT2D eigenvalue weighted by atomic mass is 10.2. The molecule has 1 aliphatic heterocycles. The summed E-state index contributed by atoms with van der Waals surface area (Å²) in [7, 11) is 0. The van der Waals surface area contributed by atoms with E-state index in [-0.39, 0.29) is 0 Å². The Kier molecular flexibility index (Phi) is 6.83. The summed E-state index contributed by atoms with van der Waals surface area (Å²) in [4.78, 5) is 15.8. The van der Waals surface area contributed by atoms with Crippen molar-refractivity contribution in [2.45, 2.75) is 38.8 Å². The fraction of sp³-hybridized carbons (Fsp3) is 0.368. The molecule has 3 aromatic rings. The Morgan fingerprint density at radius 2 is 1.83 bits per heavy atom. The predicted octanol–water partition coefficient (Wildman–Crippen LogP) is 2.56. The molecule has 0 radical (unpaired) electrons. The molecule has 0 spiro atoms. The van der Waals surface area contributed by atoms with Crippen molar-refractivity contribution in [2.75, 3.05) is 6.54 Å². The normalized spacial score (nSPS) is 14.4. The zero-order valence-electron chi connectivity index (χ0n) is 16.0. The van der Waals surface area contributed by atoms with E-state index in [2.05, 4.69) is 47.9 Å². The number of carboxylic acid groups (broad SMARTS) is 1. The molecule has 0 aromatic carbocycles. The SMILES string of the molecule is O=C(O)C(F)(F)F.c1ccc(CN2CCCn3nnc(Cn4cccc4)c3C2)nc1. The van der Waals surface area contributed by atoms with Crippen LogP contribution in [0.2, 0.25) is 0 Å². The molecule has 0 fully saturated rings. The van der Waals surface area contributed by atoms with Crippen LogP contribution in [0.25, 0.3) is 0 Å². The van der Waals surface area contributed by atoms with Crippen molar-refractivity contribution in [3.63, 3.8) is 0 Å². The average molecular weight is 422 g/mol. The van der Waals surface area contributed by atoms with Gasteiger partial charge in [0, 0.05) is 44.8 Å².